The highest BCUT2D eigenvalue weighted by Crippen LogP contribution is 2.29. The van der Waals surface area contributed by atoms with Crippen molar-refractivity contribution in [2.24, 2.45) is 0 Å². The predicted molar refractivity (Wildman–Crippen MR) is 91.9 cm³/mol. The maximum absolute atomic E-state index is 12.6. The number of carbonyl (C=O) groups is 2. The van der Waals surface area contributed by atoms with E-state index in [1.165, 1.54) is 6.07 Å². The molecule has 138 valence electrons. The fourth-order valence-corrected chi connectivity index (χ4v) is 2.75. The fraction of sp³-hybridized carbons (Fsp3) is 0.222. The number of hydrogen-bond donors (Lipinski definition) is 1. The molecule has 2 rings (SSSR count). The van der Waals surface area contributed by atoms with Gasteiger partial charge in [-0.1, -0.05) is 24.3 Å². The molecule has 0 fully saturated rings. The molecule has 1 amide bonds. The number of alkyl halides is 3. The third-order valence-corrected chi connectivity index (χ3v) is 4.21. The number of rotatable bonds is 7. The highest BCUT2D eigenvalue weighted by Gasteiger charge is 2.31. The summed E-state index contributed by atoms with van der Waals surface area (Å²) < 4.78 is 42.6. The van der Waals surface area contributed by atoms with Gasteiger partial charge in [0.15, 0.2) is 6.61 Å². The van der Waals surface area contributed by atoms with E-state index in [0.29, 0.717) is 18.4 Å². The standard InChI is InChI=1S/C18H16F3NO3S/c19-18(20,21)14-6-4-5-13(11-14)17(24)25-12-16(23)22-9-10-26-15-7-2-1-3-8-15/h1-8,11H,9-10,12H2,(H,22,23). The van der Waals surface area contributed by atoms with Gasteiger partial charge in [0.1, 0.15) is 0 Å². The van der Waals surface area contributed by atoms with Crippen LogP contribution in [0.25, 0.3) is 0 Å². The summed E-state index contributed by atoms with van der Waals surface area (Å²) in [6.45, 7) is -0.176. The second kappa shape index (κ2) is 9.28. The van der Waals surface area contributed by atoms with E-state index in [2.05, 4.69) is 5.32 Å². The predicted octanol–water partition coefficient (Wildman–Crippen LogP) is 3.77. The Bertz CT molecular complexity index is 751. The lowest BCUT2D eigenvalue weighted by Crippen LogP contribution is -2.30. The molecule has 0 bridgehead atoms. The molecule has 26 heavy (non-hydrogen) atoms. The van der Waals surface area contributed by atoms with Gasteiger partial charge in [-0.15, -0.1) is 11.8 Å². The molecule has 0 unspecified atom stereocenters. The van der Waals surface area contributed by atoms with Gasteiger partial charge in [-0.3, -0.25) is 4.79 Å². The van der Waals surface area contributed by atoms with E-state index in [1.54, 1.807) is 11.8 Å². The van der Waals surface area contributed by atoms with Crippen LogP contribution in [-0.2, 0) is 15.7 Å². The summed E-state index contributed by atoms with van der Waals surface area (Å²) >= 11 is 1.56. The van der Waals surface area contributed by atoms with Gasteiger partial charge in [0.25, 0.3) is 5.91 Å². The molecule has 0 saturated carbocycles. The van der Waals surface area contributed by atoms with Gasteiger partial charge in [-0.05, 0) is 30.3 Å². The summed E-state index contributed by atoms with van der Waals surface area (Å²) in [7, 11) is 0. The van der Waals surface area contributed by atoms with Crippen LogP contribution in [0.1, 0.15) is 15.9 Å². The van der Waals surface area contributed by atoms with Crippen molar-refractivity contribution in [3.05, 3.63) is 65.7 Å². The molecule has 0 spiro atoms. The lowest BCUT2D eigenvalue weighted by molar-refractivity contribution is -0.137. The zero-order valence-corrected chi connectivity index (χ0v) is 14.4. The number of carbonyl (C=O) groups excluding carboxylic acids is 2. The van der Waals surface area contributed by atoms with Crippen molar-refractivity contribution >= 4 is 23.6 Å². The molecule has 2 aromatic carbocycles. The van der Waals surface area contributed by atoms with Gasteiger partial charge < -0.3 is 10.1 Å². The van der Waals surface area contributed by atoms with Gasteiger partial charge >= 0.3 is 12.1 Å². The van der Waals surface area contributed by atoms with E-state index in [0.717, 1.165) is 17.0 Å². The third-order valence-electron chi connectivity index (χ3n) is 3.20. The van der Waals surface area contributed by atoms with Crippen molar-refractivity contribution < 1.29 is 27.5 Å². The van der Waals surface area contributed by atoms with Crippen LogP contribution in [-0.4, -0.2) is 30.8 Å². The number of benzene rings is 2. The molecule has 0 aliphatic rings. The number of thioether (sulfide) groups is 1. The lowest BCUT2D eigenvalue weighted by Gasteiger charge is -2.09. The Morgan fingerprint density at radius 1 is 1.04 bits per heavy atom. The van der Waals surface area contributed by atoms with E-state index in [4.69, 9.17) is 4.74 Å². The maximum atomic E-state index is 12.6. The Kier molecular flexibility index (Phi) is 7.08. The summed E-state index contributed by atoms with van der Waals surface area (Å²) in [6.07, 6.45) is -4.55. The molecular weight excluding hydrogens is 367 g/mol. The number of ether oxygens (including phenoxy) is 1. The Morgan fingerprint density at radius 2 is 1.77 bits per heavy atom. The summed E-state index contributed by atoms with van der Waals surface area (Å²) in [4.78, 5) is 24.5. The Morgan fingerprint density at radius 3 is 2.46 bits per heavy atom. The average molecular weight is 383 g/mol. The van der Waals surface area contributed by atoms with Crippen LogP contribution in [0.4, 0.5) is 13.2 Å². The van der Waals surface area contributed by atoms with Crippen LogP contribution in [0.2, 0.25) is 0 Å². The molecule has 0 heterocycles. The third kappa shape index (κ3) is 6.44. The minimum absolute atomic E-state index is 0.257. The summed E-state index contributed by atoms with van der Waals surface area (Å²) in [6, 6.07) is 13.5. The zero-order chi connectivity index (χ0) is 19.0. The van der Waals surface area contributed by atoms with E-state index < -0.39 is 30.2 Å². The molecule has 2 aromatic rings. The quantitative estimate of drug-likeness (QED) is 0.449. The Balaban J connectivity index is 1.72. The largest absolute Gasteiger partial charge is 0.452 e. The molecule has 0 aromatic heterocycles. The average Bonchev–Trinajstić information content (AvgIpc) is 2.63. The van der Waals surface area contributed by atoms with E-state index in [-0.39, 0.29) is 5.56 Å². The summed E-state index contributed by atoms with van der Waals surface area (Å²) in [5.41, 5.74) is -1.21. The molecule has 0 atom stereocenters. The Labute approximate surface area is 152 Å². The first-order chi connectivity index (χ1) is 12.4. The minimum atomic E-state index is -4.55. The van der Waals surface area contributed by atoms with Gasteiger partial charge in [0.05, 0.1) is 11.1 Å². The van der Waals surface area contributed by atoms with E-state index in [1.807, 2.05) is 30.3 Å². The van der Waals surface area contributed by atoms with Gasteiger partial charge in [0.2, 0.25) is 0 Å². The van der Waals surface area contributed by atoms with Crippen molar-refractivity contribution in [3.63, 3.8) is 0 Å². The molecule has 0 aliphatic heterocycles. The first-order valence-electron chi connectivity index (χ1n) is 7.65. The van der Waals surface area contributed by atoms with Crippen LogP contribution < -0.4 is 5.32 Å². The number of esters is 1. The molecule has 0 saturated heterocycles. The topological polar surface area (TPSA) is 55.4 Å². The van der Waals surface area contributed by atoms with Gasteiger partial charge in [-0.25, -0.2) is 4.79 Å². The molecule has 4 nitrogen and oxygen atoms in total. The fourth-order valence-electron chi connectivity index (χ4n) is 1.96. The first kappa shape index (κ1) is 19.8. The van der Waals surface area contributed by atoms with Gasteiger partial charge in [-0.2, -0.15) is 13.2 Å². The van der Waals surface area contributed by atoms with Crippen molar-refractivity contribution in [3.8, 4) is 0 Å². The number of hydrogen-bond acceptors (Lipinski definition) is 4. The van der Waals surface area contributed by atoms with E-state index >= 15 is 0 Å². The monoisotopic (exact) mass is 383 g/mol. The van der Waals surface area contributed by atoms with Crippen molar-refractivity contribution in [1.29, 1.82) is 0 Å². The minimum Gasteiger partial charge on any atom is -0.452 e. The van der Waals surface area contributed by atoms with Crippen molar-refractivity contribution in [2.45, 2.75) is 11.1 Å². The van der Waals surface area contributed by atoms with Crippen molar-refractivity contribution in [1.82, 2.24) is 5.32 Å². The SMILES string of the molecule is O=C(COC(=O)c1cccc(C(F)(F)F)c1)NCCSc1ccccc1. The number of nitrogens with one attached hydrogen (secondary N) is 1. The smallest absolute Gasteiger partial charge is 0.416 e. The number of amides is 1. The molecule has 1 N–H and O–H groups in total. The highest BCUT2D eigenvalue weighted by molar-refractivity contribution is 7.99. The molecule has 0 aliphatic carbocycles. The van der Waals surface area contributed by atoms with E-state index in [9.17, 15) is 22.8 Å². The van der Waals surface area contributed by atoms with Crippen LogP contribution in [0.5, 0.6) is 0 Å². The first-order valence-corrected chi connectivity index (χ1v) is 8.64. The summed E-state index contributed by atoms with van der Waals surface area (Å²) in [5.74, 6) is -0.860. The Hall–Kier alpha value is -2.48. The molecular formula is C18H16F3NO3S. The maximum Gasteiger partial charge on any atom is 0.416 e. The highest BCUT2D eigenvalue weighted by atomic mass is 32.2. The molecule has 8 heteroatoms. The molecule has 0 radical (unpaired) electrons. The number of halogens is 3. The van der Waals surface area contributed by atoms with Gasteiger partial charge in [0, 0.05) is 17.2 Å². The van der Waals surface area contributed by atoms with Crippen LogP contribution in [0.3, 0.4) is 0 Å². The normalized spacial score (nSPS) is 11.0. The second-order valence-electron chi connectivity index (χ2n) is 5.17. The second-order valence-corrected chi connectivity index (χ2v) is 6.33. The summed E-state index contributed by atoms with van der Waals surface area (Å²) in [5, 5.41) is 2.58. The van der Waals surface area contributed by atoms with Crippen LogP contribution >= 0.6 is 11.8 Å². The van der Waals surface area contributed by atoms with Crippen molar-refractivity contribution in [2.75, 3.05) is 18.9 Å². The zero-order valence-electron chi connectivity index (χ0n) is 13.6. The van der Waals surface area contributed by atoms with Crippen LogP contribution in [0, 0.1) is 0 Å². The van der Waals surface area contributed by atoms with Crippen LogP contribution in [0.15, 0.2) is 59.5 Å². The lowest BCUT2D eigenvalue weighted by atomic mass is 10.1.